The number of nitrogens with two attached hydrogens (primary N) is 1. The van der Waals surface area contributed by atoms with E-state index in [0.29, 0.717) is 30.8 Å². The lowest BCUT2D eigenvalue weighted by Gasteiger charge is -2.29. The molecule has 3 N–H and O–H groups in total. The molecule has 7 heteroatoms. The molecule has 1 aliphatic rings. The van der Waals surface area contributed by atoms with Gasteiger partial charge in [-0.1, -0.05) is 30.3 Å². The van der Waals surface area contributed by atoms with Crippen LogP contribution in [0, 0.1) is 0 Å². The first-order chi connectivity index (χ1) is 13.1. The van der Waals surface area contributed by atoms with Crippen molar-refractivity contribution in [2.75, 3.05) is 12.3 Å². The van der Waals surface area contributed by atoms with E-state index in [-0.39, 0.29) is 29.8 Å². The molecule has 0 radical (unpaired) electrons. The lowest BCUT2D eigenvalue weighted by Crippen LogP contribution is -2.39. The lowest BCUT2D eigenvalue weighted by molar-refractivity contribution is -0.132. The molecular weight excluding hydrogens is 344 g/mol. The van der Waals surface area contributed by atoms with Gasteiger partial charge in [-0.3, -0.25) is 14.6 Å². The van der Waals surface area contributed by atoms with Crippen LogP contribution in [-0.4, -0.2) is 27.3 Å². The SMILES string of the molecule is Nc1nc2c(c(=O)[nH]1)CCN(C(=O)C[C@@H](c1ccccc1)c1ccco1)C2. The van der Waals surface area contributed by atoms with E-state index in [4.69, 9.17) is 10.2 Å². The molecule has 3 aromatic rings. The number of amides is 1. The van der Waals surface area contributed by atoms with Crippen molar-refractivity contribution in [3.63, 3.8) is 0 Å². The summed E-state index contributed by atoms with van der Waals surface area (Å²) in [6.07, 6.45) is 2.37. The van der Waals surface area contributed by atoms with Gasteiger partial charge >= 0.3 is 0 Å². The van der Waals surface area contributed by atoms with Gasteiger partial charge < -0.3 is 15.1 Å². The number of carbonyl (C=O) groups excluding carboxylic acids is 1. The number of hydrogen-bond donors (Lipinski definition) is 2. The fourth-order valence-corrected chi connectivity index (χ4v) is 3.53. The number of nitrogens with one attached hydrogen (secondary N) is 1. The maximum Gasteiger partial charge on any atom is 0.255 e. The summed E-state index contributed by atoms with van der Waals surface area (Å²) in [5.41, 5.74) is 7.63. The molecule has 4 rings (SSSR count). The zero-order valence-electron chi connectivity index (χ0n) is 14.7. The predicted octanol–water partition coefficient (Wildman–Crippen LogP) is 2.05. The van der Waals surface area contributed by atoms with Crippen LogP contribution in [0.5, 0.6) is 0 Å². The van der Waals surface area contributed by atoms with Gasteiger partial charge in [0.1, 0.15) is 5.76 Å². The second-order valence-corrected chi connectivity index (χ2v) is 6.62. The predicted molar refractivity (Wildman–Crippen MR) is 100 cm³/mol. The van der Waals surface area contributed by atoms with Gasteiger partial charge in [0.25, 0.3) is 5.56 Å². The van der Waals surface area contributed by atoms with Crippen LogP contribution in [0.25, 0.3) is 0 Å². The first-order valence-electron chi connectivity index (χ1n) is 8.85. The summed E-state index contributed by atoms with van der Waals surface area (Å²) < 4.78 is 5.58. The van der Waals surface area contributed by atoms with Gasteiger partial charge in [-0.15, -0.1) is 0 Å². The molecule has 1 atom stereocenters. The molecule has 0 bridgehead atoms. The normalized spacial score (nSPS) is 14.6. The summed E-state index contributed by atoms with van der Waals surface area (Å²) in [4.78, 5) is 33.4. The summed E-state index contributed by atoms with van der Waals surface area (Å²) in [6.45, 7) is 0.780. The van der Waals surface area contributed by atoms with Gasteiger partial charge in [-0.25, -0.2) is 4.98 Å². The first-order valence-corrected chi connectivity index (χ1v) is 8.85. The Bertz CT molecular complexity index is 996. The zero-order chi connectivity index (χ0) is 18.8. The number of aromatic amines is 1. The molecule has 1 amide bonds. The van der Waals surface area contributed by atoms with Gasteiger partial charge in [0.2, 0.25) is 11.9 Å². The van der Waals surface area contributed by atoms with Crippen molar-refractivity contribution in [1.29, 1.82) is 0 Å². The highest BCUT2D eigenvalue weighted by atomic mass is 16.3. The van der Waals surface area contributed by atoms with Crippen molar-refractivity contribution >= 4 is 11.9 Å². The van der Waals surface area contributed by atoms with Crippen LogP contribution >= 0.6 is 0 Å². The average Bonchev–Trinajstić information content (AvgIpc) is 3.20. The molecule has 3 heterocycles. The van der Waals surface area contributed by atoms with Gasteiger partial charge in [-0.05, 0) is 24.1 Å². The summed E-state index contributed by atoms with van der Waals surface area (Å²) in [5.74, 6) is 0.662. The van der Waals surface area contributed by atoms with Crippen LogP contribution in [0.3, 0.4) is 0 Å². The number of furan rings is 1. The second-order valence-electron chi connectivity index (χ2n) is 6.62. The Labute approximate surface area is 155 Å². The number of aromatic nitrogens is 2. The number of benzene rings is 1. The van der Waals surface area contributed by atoms with E-state index in [2.05, 4.69) is 9.97 Å². The van der Waals surface area contributed by atoms with E-state index < -0.39 is 0 Å². The van der Waals surface area contributed by atoms with Crippen molar-refractivity contribution in [3.8, 4) is 0 Å². The molecule has 138 valence electrons. The minimum absolute atomic E-state index is 0.00782. The Morgan fingerprint density at radius 1 is 1.26 bits per heavy atom. The monoisotopic (exact) mass is 364 g/mol. The van der Waals surface area contributed by atoms with Crippen molar-refractivity contribution < 1.29 is 9.21 Å². The number of rotatable bonds is 4. The Balaban J connectivity index is 1.56. The Kier molecular flexibility index (Phi) is 4.50. The van der Waals surface area contributed by atoms with Gasteiger partial charge in [0.15, 0.2) is 0 Å². The van der Waals surface area contributed by atoms with E-state index in [1.54, 1.807) is 11.2 Å². The number of H-pyrrole nitrogens is 1. The molecule has 0 fully saturated rings. The molecule has 27 heavy (non-hydrogen) atoms. The minimum Gasteiger partial charge on any atom is -0.469 e. The third-order valence-electron chi connectivity index (χ3n) is 4.91. The van der Waals surface area contributed by atoms with Crippen molar-refractivity contribution in [3.05, 3.63) is 81.7 Å². The third-order valence-corrected chi connectivity index (χ3v) is 4.91. The summed E-state index contributed by atoms with van der Waals surface area (Å²) >= 11 is 0. The highest BCUT2D eigenvalue weighted by molar-refractivity contribution is 5.78. The molecule has 0 saturated heterocycles. The number of anilines is 1. The van der Waals surface area contributed by atoms with Crippen molar-refractivity contribution in [2.24, 2.45) is 0 Å². The number of fused-ring (bicyclic) bond motifs is 1. The molecule has 1 aliphatic heterocycles. The number of nitrogen functional groups attached to an aromatic ring is 1. The molecule has 0 spiro atoms. The molecule has 0 saturated carbocycles. The van der Waals surface area contributed by atoms with E-state index in [1.807, 2.05) is 42.5 Å². The van der Waals surface area contributed by atoms with Crippen molar-refractivity contribution in [1.82, 2.24) is 14.9 Å². The van der Waals surface area contributed by atoms with Gasteiger partial charge in [-0.2, -0.15) is 0 Å². The van der Waals surface area contributed by atoms with E-state index in [1.165, 1.54) is 0 Å². The second kappa shape index (κ2) is 7.11. The Morgan fingerprint density at radius 2 is 2.07 bits per heavy atom. The Hall–Kier alpha value is -3.35. The maximum atomic E-state index is 13.0. The van der Waals surface area contributed by atoms with Crippen molar-refractivity contribution in [2.45, 2.75) is 25.3 Å². The minimum atomic E-state index is -0.220. The number of nitrogens with zero attached hydrogens (tertiary/aromatic N) is 2. The number of carbonyl (C=O) groups is 1. The molecule has 1 aromatic carbocycles. The fourth-order valence-electron chi connectivity index (χ4n) is 3.53. The summed E-state index contributed by atoms with van der Waals surface area (Å²) in [7, 11) is 0. The van der Waals surface area contributed by atoms with Gasteiger partial charge in [0.05, 0.1) is 24.4 Å². The molecular formula is C20H20N4O3. The first kappa shape index (κ1) is 17.1. The highest BCUT2D eigenvalue weighted by Crippen LogP contribution is 2.29. The topological polar surface area (TPSA) is 105 Å². The van der Waals surface area contributed by atoms with E-state index in [9.17, 15) is 9.59 Å². The number of hydrogen-bond acceptors (Lipinski definition) is 5. The maximum absolute atomic E-state index is 13.0. The van der Waals surface area contributed by atoms with Crippen LogP contribution < -0.4 is 11.3 Å². The Morgan fingerprint density at radius 3 is 2.81 bits per heavy atom. The largest absolute Gasteiger partial charge is 0.469 e. The van der Waals surface area contributed by atoms with Crippen LogP contribution in [0.4, 0.5) is 5.95 Å². The molecule has 0 aliphatic carbocycles. The van der Waals surface area contributed by atoms with E-state index in [0.717, 1.165) is 11.3 Å². The lowest BCUT2D eigenvalue weighted by atomic mass is 9.92. The van der Waals surface area contributed by atoms with Crippen LogP contribution in [-0.2, 0) is 17.8 Å². The molecule has 0 unspecified atom stereocenters. The summed E-state index contributed by atoms with van der Waals surface area (Å²) in [6, 6.07) is 13.5. The van der Waals surface area contributed by atoms with Crippen LogP contribution in [0.1, 0.15) is 34.9 Å². The van der Waals surface area contributed by atoms with E-state index >= 15 is 0 Å². The zero-order valence-corrected chi connectivity index (χ0v) is 14.7. The smallest absolute Gasteiger partial charge is 0.255 e. The highest BCUT2D eigenvalue weighted by Gasteiger charge is 2.28. The molecule has 2 aromatic heterocycles. The van der Waals surface area contributed by atoms with Crippen LogP contribution in [0.15, 0.2) is 57.9 Å². The fraction of sp³-hybridized carbons (Fsp3) is 0.250. The quantitative estimate of drug-likeness (QED) is 0.737. The average molecular weight is 364 g/mol. The van der Waals surface area contributed by atoms with Gasteiger partial charge in [0, 0.05) is 18.5 Å². The third kappa shape index (κ3) is 3.48. The van der Waals surface area contributed by atoms with Crippen LogP contribution in [0.2, 0.25) is 0 Å². The summed E-state index contributed by atoms with van der Waals surface area (Å²) in [5, 5.41) is 0. The standard InChI is InChI=1S/C20H20N4O3/c21-20-22-16-12-24(9-8-14(16)19(26)23-20)18(25)11-15(17-7-4-10-27-17)13-5-2-1-3-6-13/h1-7,10,15H,8-9,11-12H2,(H3,21,22,23,26)/t15-/m0/s1. The molecule has 7 nitrogen and oxygen atoms in total.